The Morgan fingerprint density at radius 3 is 2.69 bits per heavy atom. The number of likely N-dealkylation sites (tertiary alicyclic amines) is 1. The lowest BCUT2D eigenvalue weighted by Crippen LogP contribution is -2.47. The fourth-order valence-corrected chi connectivity index (χ4v) is 2.77. The van der Waals surface area contributed by atoms with Crippen LogP contribution in [-0.4, -0.2) is 49.1 Å². The first-order valence-electron chi connectivity index (χ1n) is 6.47. The van der Waals surface area contributed by atoms with Gasteiger partial charge in [0.25, 0.3) is 0 Å². The third kappa shape index (κ3) is 3.46. The summed E-state index contributed by atoms with van der Waals surface area (Å²) in [5.41, 5.74) is 0. The molecule has 92 valence electrons. The highest BCUT2D eigenvalue weighted by molar-refractivity contribution is 5.73. The van der Waals surface area contributed by atoms with Crippen LogP contribution in [0.1, 0.15) is 32.6 Å². The predicted molar refractivity (Wildman–Crippen MR) is 64.3 cm³/mol. The van der Waals surface area contributed by atoms with E-state index in [2.05, 4.69) is 15.5 Å². The van der Waals surface area contributed by atoms with Crippen molar-refractivity contribution in [1.82, 2.24) is 15.5 Å². The first kappa shape index (κ1) is 11.9. The molecule has 0 radical (unpaired) electrons. The van der Waals surface area contributed by atoms with Crippen LogP contribution in [0.25, 0.3) is 0 Å². The van der Waals surface area contributed by atoms with Crippen LogP contribution in [-0.2, 0) is 4.79 Å². The maximum atomic E-state index is 10.9. The molecular formula is C12H23N3O. The first-order chi connectivity index (χ1) is 7.74. The molecule has 2 fully saturated rings. The second-order valence-corrected chi connectivity index (χ2v) is 5.07. The number of nitrogens with zero attached hydrogens (tertiary/aromatic N) is 1. The zero-order chi connectivity index (χ0) is 11.4. The standard InChI is InChI=1S/C12H23N3O/c1-10(16)14-11-4-7-15(8-5-11)9-12-3-2-6-13-12/h11-13H,2-9H2,1H3,(H,14,16)/t12-/m0/s1. The van der Waals surface area contributed by atoms with Crippen molar-refractivity contribution >= 4 is 5.91 Å². The minimum Gasteiger partial charge on any atom is -0.354 e. The summed E-state index contributed by atoms with van der Waals surface area (Å²) < 4.78 is 0. The summed E-state index contributed by atoms with van der Waals surface area (Å²) in [6.45, 7) is 6.24. The molecule has 2 aliphatic rings. The predicted octanol–water partition coefficient (Wildman–Crippen LogP) is 0.339. The Bertz CT molecular complexity index is 230. The van der Waals surface area contributed by atoms with Crippen molar-refractivity contribution < 1.29 is 4.79 Å². The number of rotatable bonds is 3. The van der Waals surface area contributed by atoms with Crippen molar-refractivity contribution in [3.05, 3.63) is 0 Å². The second-order valence-electron chi connectivity index (χ2n) is 5.07. The quantitative estimate of drug-likeness (QED) is 0.728. The Balaban J connectivity index is 1.66. The van der Waals surface area contributed by atoms with Gasteiger partial charge in [0.2, 0.25) is 5.91 Å². The minimum atomic E-state index is 0.107. The fraction of sp³-hybridized carbons (Fsp3) is 0.917. The summed E-state index contributed by atoms with van der Waals surface area (Å²) in [7, 11) is 0. The average molecular weight is 225 g/mol. The summed E-state index contributed by atoms with van der Waals surface area (Å²) in [6, 6.07) is 1.11. The van der Waals surface area contributed by atoms with Gasteiger partial charge in [-0.05, 0) is 32.2 Å². The van der Waals surface area contributed by atoms with Crippen molar-refractivity contribution in [1.29, 1.82) is 0 Å². The second kappa shape index (κ2) is 5.64. The number of carbonyl (C=O) groups excluding carboxylic acids is 1. The number of carbonyl (C=O) groups is 1. The molecule has 0 aromatic heterocycles. The summed E-state index contributed by atoms with van der Waals surface area (Å²) in [5, 5.41) is 6.55. The topological polar surface area (TPSA) is 44.4 Å². The molecule has 1 atom stereocenters. The molecule has 0 aromatic rings. The molecule has 4 nitrogen and oxygen atoms in total. The highest BCUT2D eigenvalue weighted by Crippen LogP contribution is 2.13. The molecule has 2 N–H and O–H groups in total. The molecule has 4 heteroatoms. The minimum absolute atomic E-state index is 0.107. The molecule has 0 saturated carbocycles. The Morgan fingerprint density at radius 2 is 2.12 bits per heavy atom. The van der Waals surface area contributed by atoms with E-state index < -0.39 is 0 Å². The SMILES string of the molecule is CC(=O)NC1CCN(C[C@@H]2CCCN2)CC1. The van der Waals surface area contributed by atoms with Crippen LogP contribution in [0.5, 0.6) is 0 Å². The Hall–Kier alpha value is -0.610. The maximum absolute atomic E-state index is 10.9. The van der Waals surface area contributed by atoms with Crippen LogP contribution in [0.4, 0.5) is 0 Å². The highest BCUT2D eigenvalue weighted by Gasteiger charge is 2.23. The summed E-state index contributed by atoms with van der Waals surface area (Å²) in [6.07, 6.45) is 4.86. The molecule has 16 heavy (non-hydrogen) atoms. The van der Waals surface area contributed by atoms with Crippen molar-refractivity contribution in [2.45, 2.75) is 44.7 Å². The third-order valence-corrected chi connectivity index (χ3v) is 3.64. The molecule has 0 bridgehead atoms. The van der Waals surface area contributed by atoms with E-state index in [1.54, 1.807) is 6.92 Å². The number of nitrogens with one attached hydrogen (secondary N) is 2. The molecule has 2 rings (SSSR count). The van der Waals surface area contributed by atoms with Gasteiger partial charge in [-0.2, -0.15) is 0 Å². The van der Waals surface area contributed by atoms with Gasteiger partial charge in [0.1, 0.15) is 0 Å². The Morgan fingerprint density at radius 1 is 1.38 bits per heavy atom. The molecule has 2 heterocycles. The molecule has 0 spiro atoms. The van der Waals surface area contributed by atoms with Crippen LogP contribution in [0.2, 0.25) is 0 Å². The van der Waals surface area contributed by atoms with E-state index in [1.165, 1.54) is 25.9 Å². The lowest BCUT2D eigenvalue weighted by Gasteiger charge is -2.33. The van der Waals surface area contributed by atoms with E-state index in [-0.39, 0.29) is 5.91 Å². The van der Waals surface area contributed by atoms with E-state index in [0.29, 0.717) is 12.1 Å². The molecule has 0 unspecified atom stereocenters. The fourth-order valence-electron chi connectivity index (χ4n) is 2.77. The van der Waals surface area contributed by atoms with Gasteiger partial charge >= 0.3 is 0 Å². The van der Waals surface area contributed by atoms with Gasteiger partial charge in [-0.3, -0.25) is 4.79 Å². The summed E-state index contributed by atoms with van der Waals surface area (Å²) in [5.74, 6) is 0.107. The number of hydrogen-bond donors (Lipinski definition) is 2. The van der Waals surface area contributed by atoms with E-state index in [4.69, 9.17) is 0 Å². The van der Waals surface area contributed by atoms with Gasteiger partial charge < -0.3 is 15.5 Å². The number of piperidine rings is 1. The zero-order valence-corrected chi connectivity index (χ0v) is 10.2. The number of hydrogen-bond acceptors (Lipinski definition) is 3. The monoisotopic (exact) mass is 225 g/mol. The van der Waals surface area contributed by atoms with Crippen molar-refractivity contribution in [2.24, 2.45) is 0 Å². The van der Waals surface area contributed by atoms with Crippen molar-refractivity contribution in [2.75, 3.05) is 26.2 Å². The zero-order valence-electron chi connectivity index (χ0n) is 10.2. The maximum Gasteiger partial charge on any atom is 0.217 e. The van der Waals surface area contributed by atoms with Gasteiger partial charge in [-0.15, -0.1) is 0 Å². The molecule has 2 aliphatic heterocycles. The van der Waals surface area contributed by atoms with Gasteiger partial charge in [0, 0.05) is 38.6 Å². The van der Waals surface area contributed by atoms with Crippen molar-refractivity contribution in [3.8, 4) is 0 Å². The lowest BCUT2D eigenvalue weighted by molar-refractivity contribution is -0.119. The van der Waals surface area contributed by atoms with Gasteiger partial charge in [0.15, 0.2) is 0 Å². The molecule has 0 aromatic carbocycles. The number of amides is 1. The van der Waals surface area contributed by atoms with Crippen molar-refractivity contribution in [3.63, 3.8) is 0 Å². The Kier molecular flexibility index (Phi) is 4.18. The molecule has 2 saturated heterocycles. The normalized spacial score (nSPS) is 28.2. The Labute approximate surface area is 97.8 Å². The lowest BCUT2D eigenvalue weighted by atomic mass is 10.0. The van der Waals surface area contributed by atoms with E-state index >= 15 is 0 Å². The summed E-state index contributed by atoms with van der Waals surface area (Å²) >= 11 is 0. The van der Waals surface area contributed by atoms with E-state index in [9.17, 15) is 4.79 Å². The smallest absolute Gasteiger partial charge is 0.217 e. The third-order valence-electron chi connectivity index (χ3n) is 3.64. The first-order valence-corrected chi connectivity index (χ1v) is 6.47. The largest absolute Gasteiger partial charge is 0.354 e. The highest BCUT2D eigenvalue weighted by atomic mass is 16.1. The van der Waals surface area contributed by atoms with E-state index in [0.717, 1.165) is 25.9 Å². The van der Waals surface area contributed by atoms with Crippen LogP contribution < -0.4 is 10.6 Å². The van der Waals surface area contributed by atoms with Crippen LogP contribution in [0, 0.1) is 0 Å². The van der Waals surface area contributed by atoms with Gasteiger partial charge in [0.05, 0.1) is 0 Å². The summed E-state index contributed by atoms with van der Waals surface area (Å²) in [4.78, 5) is 13.5. The van der Waals surface area contributed by atoms with Crippen LogP contribution in [0.15, 0.2) is 0 Å². The molecular weight excluding hydrogens is 202 g/mol. The van der Waals surface area contributed by atoms with Gasteiger partial charge in [-0.25, -0.2) is 0 Å². The van der Waals surface area contributed by atoms with Crippen LogP contribution in [0.3, 0.4) is 0 Å². The van der Waals surface area contributed by atoms with Gasteiger partial charge in [-0.1, -0.05) is 0 Å². The van der Waals surface area contributed by atoms with Crippen LogP contribution >= 0.6 is 0 Å². The average Bonchev–Trinajstić information content (AvgIpc) is 2.73. The molecule has 0 aliphatic carbocycles. The molecule has 1 amide bonds. The van der Waals surface area contributed by atoms with E-state index in [1.807, 2.05) is 0 Å².